The van der Waals surface area contributed by atoms with Gasteiger partial charge in [0.05, 0.1) is 0 Å². The summed E-state index contributed by atoms with van der Waals surface area (Å²) in [5.41, 5.74) is 0.448. The number of furan rings is 1. The van der Waals surface area contributed by atoms with E-state index in [4.69, 9.17) is 4.42 Å². The quantitative estimate of drug-likeness (QED) is 0.604. The second-order valence-corrected chi connectivity index (χ2v) is 3.60. The van der Waals surface area contributed by atoms with Crippen LogP contribution in [0.15, 0.2) is 39.5 Å². The number of aryl methyl sites for hydroxylation is 1. The van der Waals surface area contributed by atoms with Crippen LogP contribution in [0.4, 0.5) is 0 Å². The van der Waals surface area contributed by atoms with Crippen molar-refractivity contribution in [1.82, 2.24) is 4.98 Å². The number of H-pyrrole nitrogens is 1. The highest BCUT2D eigenvalue weighted by atomic mass is 16.3. The molecule has 2 aromatic heterocycles. The van der Waals surface area contributed by atoms with E-state index in [1.807, 2.05) is 37.3 Å². The number of nitrogens with one attached hydrogen (secondary N) is 1. The average molecular weight is 199 g/mol. The van der Waals surface area contributed by atoms with Gasteiger partial charge in [-0.3, -0.25) is 9.78 Å². The molecule has 3 nitrogen and oxygen atoms in total. The molecule has 1 N–H and O–H groups in total. The van der Waals surface area contributed by atoms with Gasteiger partial charge in [0.25, 0.3) is 5.56 Å². The Labute approximate surface area is 85.3 Å². The van der Waals surface area contributed by atoms with Gasteiger partial charge in [0.1, 0.15) is 5.76 Å². The Kier molecular flexibility index (Phi) is 1.51. The van der Waals surface area contributed by atoms with Crippen LogP contribution < -0.4 is 5.56 Å². The fourth-order valence-electron chi connectivity index (χ4n) is 1.89. The molecule has 1 aromatic carbocycles. The van der Waals surface area contributed by atoms with Crippen LogP contribution in [0.2, 0.25) is 0 Å². The van der Waals surface area contributed by atoms with E-state index in [1.54, 1.807) is 0 Å². The lowest BCUT2D eigenvalue weighted by atomic mass is 10.1. The van der Waals surface area contributed by atoms with Crippen LogP contribution >= 0.6 is 0 Å². The largest absolute Gasteiger partial charge is 0.445 e. The van der Waals surface area contributed by atoms with Gasteiger partial charge >= 0.3 is 0 Å². The summed E-state index contributed by atoms with van der Waals surface area (Å²) < 4.78 is 5.40. The number of hydrogen-bond donors (Lipinski definition) is 1. The summed E-state index contributed by atoms with van der Waals surface area (Å²) in [7, 11) is 0. The molecule has 74 valence electrons. The number of aromatic amines is 1. The minimum atomic E-state index is -0.104. The highest BCUT2D eigenvalue weighted by Crippen LogP contribution is 2.23. The number of rotatable bonds is 0. The molecule has 0 radical (unpaired) electrons. The van der Waals surface area contributed by atoms with Crippen molar-refractivity contribution >= 4 is 21.9 Å². The molecule has 0 amide bonds. The minimum Gasteiger partial charge on any atom is -0.445 e. The van der Waals surface area contributed by atoms with Crippen LogP contribution in [0.1, 0.15) is 5.76 Å². The third-order valence-electron chi connectivity index (χ3n) is 2.54. The van der Waals surface area contributed by atoms with Crippen LogP contribution in [0.5, 0.6) is 0 Å². The SMILES string of the molecule is Cc1cc2c([nH]c(=O)c3ccccc32)o1. The fourth-order valence-corrected chi connectivity index (χ4v) is 1.89. The van der Waals surface area contributed by atoms with Gasteiger partial charge in [-0.05, 0) is 24.4 Å². The Balaban J connectivity index is 2.69. The van der Waals surface area contributed by atoms with Gasteiger partial charge in [0, 0.05) is 10.8 Å². The van der Waals surface area contributed by atoms with Crippen molar-refractivity contribution in [2.45, 2.75) is 6.92 Å². The van der Waals surface area contributed by atoms with Gasteiger partial charge < -0.3 is 4.42 Å². The zero-order valence-electron chi connectivity index (χ0n) is 8.20. The standard InChI is InChI=1S/C12H9NO2/c1-7-6-10-8-4-2-3-5-9(8)11(14)13-12(10)15-7/h2-6H,1H3,(H,13,14). The first-order valence-electron chi connectivity index (χ1n) is 4.77. The summed E-state index contributed by atoms with van der Waals surface area (Å²) in [6.45, 7) is 1.87. The molecule has 0 unspecified atom stereocenters. The number of fused-ring (bicyclic) bond motifs is 3. The van der Waals surface area contributed by atoms with Crippen molar-refractivity contribution in [2.24, 2.45) is 0 Å². The molecule has 0 bridgehead atoms. The summed E-state index contributed by atoms with van der Waals surface area (Å²) in [4.78, 5) is 14.4. The maximum absolute atomic E-state index is 11.7. The van der Waals surface area contributed by atoms with Crippen LogP contribution in [0, 0.1) is 6.92 Å². The summed E-state index contributed by atoms with van der Waals surface area (Å²) >= 11 is 0. The van der Waals surface area contributed by atoms with Crippen molar-refractivity contribution < 1.29 is 4.42 Å². The lowest BCUT2D eigenvalue weighted by Crippen LogP contribution is -2.04. The lowest BCUT2D eigenvalue weighted by molar-refractivity contribution is 0.567. The molecule has 0 fully saturated rings. The Morgan fingerprint density at radius 1 is 1.13 bits per heavy atom. The van der Waals surface area contributed by atoms with Crippen LogP contribution in [-0.2, 0) is 0 Å². The number of pyridine rings is 1. The molecule has 3 rings (SSSR count). The molecule has 15 heavy (non-hydrogen) atoms. The average Bonchev–Trinajstić information content (AvgIpc) is 2.59. The van der Waals surface area contributed by atoms with E-state index in [9.17, 15) is 4.79 Å². The van der Waals surface area contributed by atoms with E-state index in [1.165, 1.54) is 0 Å². The van der Waals surface area contributed by atoms with Gasteiger partial charge in [-0.25, -0.2) is 0 Å². The Hall–Kier alpha value is -2.03. The molecule has 3 heteroatoms. The third kappa shape index (κ3) is 1.09. The summed E-state index contributed by atoms with van der Waals surface area (Å²) in [5.74, 6) is 0.803. The smallest absolute Gasteiger partial charge is 0.258 e. The predicted molar refractivity (Wildman–Crippen MR) is 59.1 cm³/mol. The molecule has 0 saturated heterocycles. The summed E-state index contributed by atoms with van der Waals surface area (Å²) in [6, 6.07) is 9.46. The first kappa shape index (κ1) is 8.29. The van der Waals surface area contributed by atoms with E-state index >= 15 is 0 Å². The number of benzene rings is 1. The van der Waals surface area contributed by atoms with Crippen LogP contribution in [0.3, 0.4) is 0 Å². The number of hydrogen-bond acceptors (Lipinski definition) is 2. The van der Waals surface area contributed by atoms with Gasteiger partial charge in [-0.1, -0.05) is 18.2 Å². The minimum absolute atomic E-state index is 0.104. The first-order valence-corrected chi connectivity index (χ1v) is 4.77. The Morgan fingerprint density at radius 2 is 1.87 bits per heavy atom. The van der Waals surface area contributed by atoms with Crippen molar-refractivity contribution in [3.63, 3.8) is 0 Å². The molecule has 0 saturated carbocycles. The van der Waals surface area contributed by atoms with Gasteiger partial charge in [-0.2, -0.15) is 0 Å². The summed E-state index contributed by atoms with van der Waals surface area (Å²) in [5, 5.41) is 2.60. The Bertz CT molecular complexity index is 706. The lowest BCUT2D eigenvalue weighted by Gasteiger charge is -1.96. The predicted octanol–water partition coefficient (Wildman–Crippen LogP) is 2.58. The zero-order valence-corrected chi connectivity index (χ0v) is 8.20. The van der Waals surface area contributed by atoms with Crippen molar-refractivity contribution in [2.75, 3.05) is 0 Å². The van der Waals surface area contributed by atoms with Crippen molar-refractivity contribution in [3.05, 3.63) is 46.4 Å². The maximum atomic E-state index is 11.7. The van der Waals surface area contributed by atoms with Gasteiger partial charge in [0.15, 0.2) is 0 Å². The second-order valence-electron chi connectivity index (χ2n) is 3.60. The monoisotopic (exact) mass is 199 g/mol. The highest BCUT2D eigenvalue weighted by Gasteiger charge is 2.07. The molecular weight excluding hydrogens is 190 g/mol. The van der Waals surface area contributed by atoms with Crippen molar-refractivity contribution in [3.8, 4) is 0 Å². The molecule has 3 aromatic rings. The normalized spacial score (nSPS) is 11.3. The molecule has 0 spiro atoms. The van der Waals surface area contributed by atoms with Gasteiger partial charge in [-0.15, -0.1) is 0 Å². The van der Waals surface area contributed by atoms with E-state index in [2.05, 4.69) is 4.98 Å². The van der Waals surface area contributed by atoms with E-state index < -0.39 is 0 Å². The second kappa shape index (κ2) is 2.73. The highest BCUT2D eigenvalue weighted by molar-refractivity contribution is 6.03. The van der Waals surface area contributed by atoms with Crippen LogP contribution in [0.25, 0.3) is 21.9 Å². The molecule has 0 aliphatic heterocycles. The maximum Gasteiger partial charge on any atom is 0.258 e. The fraction of sp³-hybridized carbons (Fsp3) is 0.0833. The summed E-state index contributed by atoms with van der Waals surface area (Å²) in [6.07, 6.45) is 0. The third-order valence-corrected chi connectivity index (χ3v) is 2.54. The zero-order chi connectivity index (χ0) is 10.4. The molecular formula is C12H9NO2. The molecule has 0 aliphatic rings. The molecule has 0 aliphatic carbocycles. The van der Waals surface area contributed by atoms with Gasteiger partial charge in [0.2, 0.25) is 5.71 Å². The van der Waals surface area contributed by atoms with Crippen LogP contribution in [-0.4, -0.2) is 4.98 Å². The number of aromatic nitrogens is 1. The van der Waals surface area contributed by atoms with E-state index in [0.717, 1.165) is 16.5 Å². The van der Waals surface area contributed by atoms with E-state index in [0.29, 0.717) is 11.1 Å². The van der Waals surface area contributed by atoms with Crippen molar-refractivity contribution in [1.29, 1.82) is 0 Å². The Morgan fingerprint density at radius 3 is 2.67 bits per heavy atom. The first-order chi connectivity index (χ1) is 7.25. The topological polar surface area (TPSA) is 46.0 Å². The molecule has 0 atom stereocenters. The molecule has 2 heterocycles. The van der Waals surface area contributed by atoms with E-state index in [-0.39, 0.29) is 5.56 Å².